The van der Waals surface area contributed by atoms with Gasteiger partial charge in [-0.25, -0.2) is 4.98 Å². The highest BCUT2D eigenvalue weighted by Gasteiger charge is 2.09. The van der Waals surface area contributed by atoms with E-state index in [0.717, 1.165) is 16.4 Å². The normalized spacial score (nSPS) is 11.5. The molecule has 0 fully saturated rings. The Hall–Kier alpha value is -2.11. The number of fused-ring (bicyclic) bond motifs is 2. The summed E-state index contributed by atoms with van der Waals surface area (Å²) < 4.78 is 2.66. The van der Waals surface area contributed by atoms with Crippen molar-refractivity contribution in [3.05, 3.63) is 63.1 Å². The van der Waals surface area contributed by atoms with E-state index < -0.39 is 0 Å². The average molecular weight is 316 g/mol. The molecule has 1 N–H and O–H groups in total. The summed E-state index contributed by atoms with van der Waals surface area (Å²) in [5.74, 6) is 0.628. The van der Waals surface area contributed by atoms with Crippen LogP contribution in [0.3, 0.4) is 0 Å². The lowest BCUT2D eigenvalue weighted by Gasteiger charge is -2.06. The first-order chi connectivity index (χ1) is 10.2. The monoisotopic (exact) mass is 315 g/mol. The molecule has 3 aromatic heterocycles. The Morgan fingerprint density at radius 1 is 1.29 bits per heavy atom. The van der Waals surface area contributed by atoms with Crippen molar-refractivity contribution in [2.75, 3.05) is 0 Å². The molecule has 0 amide bonds. The van der Waals surface area contributed by atoms with Crippen LogP contribution in [0.2, 0.25) is 5.02 Å². The van der Waals surface area contributed by atoms with Crippen LogP contribution in [0.1, 0.15) is 5.82 Å². The molecule has 6 heteroatoms. The summed E-state index contributed by atoms with van der Waals surface area (Å²) >= 11 is 7.67. The minimum absolute atomic E-state index is 0.0902. The van der Waals surface area contributed by atoms with Crippen molar-refractivity contribution >= 4 is 44.1 Å². The summed E-state index contributed by atoms with van der Waals surface area (Å²) in [6, 6.07) is 9.66. The molecule has 21 heavy (non-hydrogen) atoms. The van der Waals surface area contributed by atoms with E-state index in [4.69, 9.17) is 11.6 Å². The molecular formula is C15H10ClN3OS. The van der Waals surface area contributed by atoms with E-state index in [2.05, 4.69) is 9.97 Å². The largest absolute Gasteiger partial charge is 0.339 e. The van der Waals surface area contributed by atoms with Crippen LogP contribution in [0.4, 0.5) is 0 Å². The highest BCUT2D eigenvalue weighted by atomic mass is 35.5. The number of para-hydroxylation sites is 1. The molecule has 0 aliphatic carbocycles. The summed E-state index contributed by atoms with van der Waals surface area (Å²) in [5.41, 5.74) is 1.60. The molecule has 0 spiro atoms. The second-order valence-electron chi connectivity index (χ2n) is 4.77. The third-order valence-electron chi connectivity index (χ3n) is 3.42. The maximum Gasteiger partial charge on any atom is 0.268 e. The Balaban J connectivity index is 1.84. The van der Waals surface area contributed by atoms with Crippen LogP contribution < -0.4 is 5.56 Å². The number of nitrogens with zero attached hydrogens (tertiary/aromatic N) is 2. The van der Waals surface area contributed by atoms with Gasteiger partial charge in [-0.15, -0.1) is 11.3 Å². The number of halogens is 1. The molecule has 0 unspecified atom stereocenters. The number of nitrogens with one attached hydrogen (secondary N) is 1. The minimum atomic E-state index is -0.0902. The Kier molecular flexibility index (Phi) is 2.83. The van der Waals surface area contributed by atoms with E-state index in [1.54, 1.807) is 0 Å². The number of aromatic nitrogens is 3. The highest BCUT2D eigenvalue weighted by molar-refractivity contribution is 7.17. The molecular weight excluding hydrogens is 306 g/mol. The van der Waals surface area contributed by atoms with Gasteiger partial charge in [0, 0.05) is 11.6 Å². The Bertz CT molecular complexity index is 1010. The van der Waals surface area contributed by atoms with Crippen LogP contribution in [0.15, 0.2) is 46.7 Å². The summed E-state index contributed by atoms with van der Waals surface area (Å²) in [6.07, 6.45) is 1.95. The number of benzene rings is 1. The smallest absolute Gasteiger partial charge is 0.268 e. The molecule has 4 rings (SSSR count). The first-order valence-electron chi connectivity index (χ1n) is 6.42. The van der Waals surface area contributed by atoms with Gasteiger partial charge in [0.25, 0.3) is 5.56 Å². The molecule has 0 saturated heterocycles. The van der Waals surface area contributed by atoms with Gasteiger partial charge in [-0.1, -0.05) is 23.7 Å². The van der Waals surface area contributed by atoms with E-state index in [-0.39, 0.29) is 5.56 Å². The molecule has 0 aliphatic heterocycles. The number of aromatic amines is 1. The predicted octanol–water partition coefficient (Wildman–Crippen LogP) is 3.64. The van der Waals surface area contributed by atoms with Crippen molar-refractivity contribution in [2.45, 2.75) is 6.54 Å². The number of H-pyrrole nitrogens is 1. The van der Waals surface area contributed by atoms with Gasteiger partial charge in [0.1, 0.15) is 10.5 Å². The van der Waals surface area contributed by atoms with Crippen LogP contribution >= 0.6 is 22.9 Å². The molecule has 0 saturated carbocycles. The average Bonchev–Trinajstić information content (AvgIpc) is 3.07. The molecule has 4 nitrogen and oxygen atoms in total. The van der Waals surface area contributed by atoms with Crippen molar-refractivity contribution in [3.63, 3.8) is 0 Å². The highest BCUT2D eigenvalue weighted by Crippen LogP contribution is 2.25. The fourth-order valence-electron chi connectivity index (χ4n) is 2.50. The summed E-state index contributed by atoms with van der Waals surface area (Å²) in [7, 11) is 0. The van der Waals surface area contributed by atoms with Crippen LogP contribution in [0, 0.1) is 0 Å². The zero-order valence-corrected chi connectivity index (χ0v) is 12.4. The molecule has 0 bridgehead atoms. The van der Waals surface area contributed by atoms with Gasteiger partial charge >= 0.3 is 0 Å². The molecule has 104 valence electrons. The van der Waals surface area contributed by atoms with Crippen molar-refractivity contribution in [1.29, 1.82) is 0 Å². The van der Waals surface area contributed by atoms with E-state index in [1.165, 1.54) is 11.3 Å². The molecule has 3 heterocycles. The third kappa shape index (κ3) is 2.05. The fourth-order valence-corrected chi connectivity index (χ4v) is 3.52. The van der Waals surface area contributed by atoms with E-state index in [9.17, 15) is 4.79 Å². The van der Waals surface area contributed by atoms with Gasteiger partial charge < -0.3 is 9.55 Å². The van der Waals surface area contributed by atoms with Crippen LogP contribution in [0.5, 0.6) is 0 Å². The zero-order chi connectivity index (χ0) is 14.4. The van der Waals surface area contributed by atoms with Gasteiger partial charge in [0.2, 0.25) is 0 Å². The molecule has 0 aliphatic rings. The standard InChI is InChI=1S/C15H10ClN3OS/c16-10-3-1-2-9-4-6-19(13(9)10)8-12-17-11-5-7-21-14(11)15(20)18-12/h1-7H,8H2,(H,17,18,20). The first kappa shape index (κ1) is 12.6. The van der Waals surface area contributed by atoms with Crippen LogP contribution in [-0.4, -0.2) is 14.5 Å². The van der Waals surface area contributed by atoms with Crippen molar-refractivity contribution in [2.24, 2.45) is 0 Å². The van der Waals surface area contributed by atoms with E-state index in [1.807, 2.05) is 46.5 Å². The van der Waals surface area contributed by atoms with Crippen molar-refractivity contribution in [3.8, 4) is 0 Å². The van der Waals surface area contributed by atoms with Crippen LogP contribution in [0.25, 0.3) is 21.1 Å². The quantitative estimate of drug-likeness (QED) is 0.614. The predicted molar refractivity (Wildman–Crippen MR) is 86.3 cm³/mol. The topological polar surface area (TPSA) is 50.7 Å². The number of hydrogen-bond acceptors (Lipinski definition) is 3. The number of thiophene rings is 1. The van der Waals surface area contributed by atoms with Gasteiger partial charge in [0.15, 0.2) is 0 Å². The van der Waals surface area contributed by atoms with Crippen molar-refractivity contribution in [1.82, 2.24) is 14.5 Å². The molecule has 4 aromatic rings. The van der Waals surface area contributed by atoms with Gasteiger partial charge in [-0.05, 0) is 23.6 Å². The van der Waals surface area contributed by atoms with Crippen molar-refractivity contribution < 1.29 is 0 Å². The van der Waals surface area contributed by atoms with Crippen LogP contribution in [-0.2, 0) is 6.54 Å². The van der Waals surface area contributed by atoms with E-state index in [0.29, 0.717) is 22.1 Å². The maximum absolute atomic E-state index is 12.0. The molecule has 0 radical (unpaired) electrons. The molecule has 0 atom stereocenters. The van der Waals surface area contributed by atoms with E-state index >= 15 is 0 Å². The number of hydrogen-bond donors (Lipinski definition) is 1. The Morgan fingerprint density at radius 3 is 3.10 bits per heavy atom. The SMILES string of the molecule is O=c1[nH]c(Cn2ccc3cccc(Cl)c32)nc2ccsc12. The lowest BCUT2D eigenvalue weighted by Crippen LogP contribution is -2.12. The van der Waals surface area contributed by atoms with Gasteiger partial charge in [-0.3, -0.25) is 4.79 Å². The second kappa shape index (κ2) is 4.72. The summed E-state index contributed by atoms with van der Waals surface area (Å²) in [5, 5.41) is 3.64. The fraction of sp³-hybridized carbons (Fsp3) is 0.0667. The minimum Gasteiger partial charge on any atom is -0.339 e. The molecule has 1 aromatic carbocycles. The Labute approximate surface area is 128 Å². The first-order valence-corrected chi connectivity index (χ1v) is 7.68. The summed E-state index contributed by atoms with van der Waals surface area (Å²) in [4.78, 5) is 19.3. The lowest BCUT2D eigenvalue weighted by molar-refractivity contribution is 0.774. The maximum atomic E-state index is 12.0. The second-order valence-corrected chi connectivity index (χ2v) is 6.09. The van der Waals surface area contributed by atoms with Gasteiger partial charge in [0.05, 0.1) is 22.6 Å². The lowest BCUT2D eigenvalue weighted by atomic mass is 10.2. The number of rotatable bonds is 2. The third-order valence-corrected chi connectivity index (χ3v) is 4.63. The van der Waals surface area contributed by atoms with Gasteiger partial charge in [-0.2, -0.15) is 0 Å². The zero-order valence-electron chi connectivity index (χ0n) is 10.8. The summed E-state index contributed by atoms with van der Waals surface area (Å²) in [6.45, 7) is 0.480. The Morgan fingerprint density at radius 2 is 2.19 bits per heavy atom.